The Balaban J connectivity index is 1.86. The Kier molecular flexibility index (Phi) is 4.75. The monoisotopic (exact) mass is 295 g/mol. The smallest absolute Gasteiger partial charge is 0.258 e. The fraction of sp³-hybridized carbons (Fsp3) is 0.385. The summed E-state index contributed by atoms with van der Waals surface area (Å²) in [6, 6.07) is 1.88. The van der Waals surface area contributed by atoms with Gasteiger partial charge in [-0.1, -0.05) is 0 Å². The van der Waals surface area contributed by atoms with Gasteiger partial charge in [-0.3, -0.25) is 9.48 Å². The second kappa shape index (κ2) is 6.53. The van der Waals surface area contributed by atoms with Crippen LogP contribution in [0, 0.1) is 0 Å². The number of ether oxygens (including phenoxy) is 1. The molecule has 108 valence electrons. The third-order valence-electron chi connectivity index (χ3n) is 2.86. The molecule has 1 unspecified atom stereocenters. The first-order valence-electron chi connectivity index (χ1n) is 6.17. The van der Waals surface area contributed by atoms with Crippen LogP contribution in [0.2, 0.25) is 0 Å². The van der Waals surface area contributed by atoms with E-state index >= 15 is 0 Å². The molecule has 2 aromatic rings. The number of aryl methyl sites for hydroxylation is 1. The Morgan fingerprint density at radius 3 is 3.10 bits per heavy atom. The number of methoxy groups -OCH3 is 1. The quantitative estimate of drug-likeness (QED) is 0.843. The summed E-state index contributed by atoms with van der Waals surface area (Å²) in [4.78, 5) is 12.0. The summed E-state index contributed by atoms with van der Waals surface area (Å²) in [5, 5.41) is 20.5. The molecule has 0 aliphatic heterocycles. The number of carbonyl (C=O) groups excluding carboxylic acids is 1. The molecule has 0 aliphatic carbocycles. The van der Waals surface area contributed by atoms with Gasteiger partial charge >= 0.3 is 0 Å². The molecule has 0 aliphatic rings. The molecule has 0 saturated carbocycles. The van der Waals surface area contributed by atoms with E-state index in [1.807, 2.05) is 16.8 Å². The van der Waals surface area contributed by atoms with Gasteiger partial charge in [0.1, 0.15) is 5.56 Å². The van der Waals surface area contributed by atoms with E-state index in [-0.39, 0.29) is 5.91 Å². The average molecular weight is 295 g/mol. The van der Waals surface area contributed by atoms with Crippen LogP contribution < -0.4 is 10.1 Å². The summed E-state index contributed by atoms with van der Waals surface area (Å²) in [7, 11) is 3.19. The SMILES string of the molecule is COc1nn(C)cc1C(=O)NCCC(O)c1ccsc1. The molecular formula is C13H17N3O3S. The van der Waals surface area contributed by atoms with E-state index in [9.17, 15) is 9.90 Å². The number of nitrogens with one attached hydrogen (secondary N) is 1. The molecule has 0 spiro atoms. The van der Waals surface area contributed by atoms with Crippen LogP contribution in [-0.4, -0.2) is 34.4 Å². The first-order valence-corrected chi connectivity index (χ1v) is 7.12. The van der Waals surface area contributed by atoms with Gasteiger partial charge in [-0.05, 0) is 28.8 Å². The van der Waals surface area contributed by atoms with Crippen molar-refractivity contribution < 1.29 is 14.6 Å². The van der Waals surface area contributed by atoms with Crippen LogP contribution in [0.3, 0.4) is 0 Å². The standard InChI is InChI=1S/C13H17N3O3S/c1-16-7-10(13(15-16)19-2)12(18)14-5-3-11(17)9-4-6-20-8-9/h4,6-8,11,17H,3,5H2,1-2H3,(H,14,18). The predicted molar refractivity (Wildman–Crippen MR) is 76.0 cm³/mol. The van der Waals surface area contributed by atoms with E-state index in [1.165, 1.54) is 23.1 Å². The van der Waals surface area contributed by atoms with Crippen molar-refractivity contribution in [1.29, 1.82) is 0 Å². The van der Waals surface area contributed by atoms with Crippen LogP contribution in [0.25, 0.3) is 0 Å². The van der Waals surface area contributed by atoms with Crippen molar-refractivity contribution in [3.05, 3.63) is 34.2 Å². The zero-order chi connectivity index (χ0) is 14.5. The van der Waals surface area contributed by atoms with Crippen LogP contribution in [0.5, 0.6) is 5.88 Å². The highest BCUT2D eigenvalue weighted by molar-refractivity contribution is 7.07. The Hall–Kier alpha value is -1.86. The number of thiophene rings is 1. The minimum atomic E-state index is -0.558. The number of hydrogen-bond donors (Lipinski definition) is 2. The van der Waals surface area contributed by atoms with E-state index in [2.05, 4.69) is 10.4 Å². The van der Waals surface area contributed by atoms with Crippen molar-refractivity contribution in [3.8, 4) is 5.88 Å². The maximum absolute atomic E-state index is 12.0. The highest BCUT2D eigenvalue weighted by atomic mass is 32.1. The van der Waals surface area contributed by atoms with Crippen molar-refractivity contribution in [1.82, 2.24) is 15.1 Å². The van der Waals surface area contributed by atoms with Gasteiger partial charge in [0, 0.05) is 19.8 Å². The minimum absolute atomic E-state index is 0.257. The lowest BCUT2D eigenvalue weighted by Gasteiger charge is -2.09. The molecule has 2 heterocycles. The number of aliphatic hydroxyl groups excluding tert-OH is 1. The van der Waals surface area contributed by atoms with Crippen LogP contribution in [0.1, 0.15) is 28.4 Å². The zero-order valence-electron chi connectivity index (χ0n) is 11.4. The molecule has 0 saturated heterocycles. The van der Waals surface area contributed by atoms with Gasteiger partial charge in [-0.2, -0.15) is 11.3 Å². The normalized spacial score (nSPS) is 12.2. The number of carbonyl (C=O) groups is 1. The second-order valence-corrected chi connectivity index (χ2v) is 5.12. The zero-order valence-corrected chi connectivity index (χ0v) is 12.2. The van der Waals surface area contributed by atoms with Crippen LogP contribution in [0.15, 0.2) is 23.0 Å². The Labute approximate surface area is 121 Å². The van der Waals surface area contributed by atoms with Gasteiger partial charge in [-0.25, -0.2) is 0 Å². The van der Waals surface area contributed by atoms with Gasteiger partial charge in [0.05, 0.1) is 13.2 Å². The lowest BCUT2D eigenvalue weighted by atomic mass is 10.1. The van der Waals surface area contributed by atoms with E-state index in [4.69, 9.17) is 4.74 Å². The molecule has 1 atom stereocenters. The number of aliphatic hydroxyl groups is 1. The van der Waals surface area contributed by atoms with Gasteiger partial charge in [0.25, 0.3) is 5.91 Å². The first-order chi connectivity index (χ1) is 9.61. The van der Waals surface area contributed by atoms with Gasteiger partial charge in [0.15, 0.2) is 0 Å². The Bertz CT molecular complexity index is 565. The second-order valence-electron chi connectivity index (χ2n) is 4.34. The largest absolute Gasteiger partial charge is 0.479 e. The number of nitrogens with zero attached hydrogens (tertiary/aromatic N) is 2. The predicted octanol–water partition coefficient (Wildman–Crippen LogP) is 1.34. The molecule has 20 heavy (non-hydrogen) atoms. The fourth-order valence-electron chi connectivity index (χ4n) is 1.82. The summed E-state index contributed by atoms with van der Waals surface area (Å²) >= 11 is 1.54. The molecule has 0 aromatic carbocycles. The maximum atomic E-state index is 12.0. The highest BCUT2D eigenvalue weighted by Gasteiger charge is 2.16. The van der Waals surface area contributed by atoms with Crippen LogP contribution in [-0.2, 0) is 7.05 Å². The highest BCUT2D eigenvalue weighted by Crippen LogP contribution is 2.19. The molecule has 1 amide bonds. The summed E-state index contributed by atoms with van der Waals surface area (Å²) < 4.78 is 6.55. The fourth-order valence-corrected chi connectivity index (χ4v) is 2.53. The summed E-state index contributed by atoms with van der Waals surface area (Å²) in [5.74, 6) is 0.0378. The third kappa shape index (κ3) is 3.37. The van der Waals surface area contributed by atoms with E-state index in [0.29, 0.717) is 24.4 Å². The van der Waals surface area contributed by atoms with Crippen molar-refractivity contribution in [2.24, 2.45) is 7.05 Å². The molecule has 0 fully saturated rings. The topological polar surface area (TPSA) is 76.4 Å². The van der Waals surface area contributed by atoms with E-state index in [1.54, 1.807) is 13.2 Å². The van der Waals surface area contributed by atoms with Gasteiger partial charge in [-0.15, -0.1) is 5.10 Å². The van der Waals surface area contributed by atoms with Crippen molar-refractivity contribution >= 4 is 17.2 Å². The molecule has 6 nitrogen and oxygen atoms in total. The summed E-state index contributed by atoms with van der Waals surface area (Å²) in [5.41, 5.74) is 1.27. The molecular weight excluding hydrogens is 278 g/mol. The van der Waals surface area contributed by atoms with Crippen molar-refractivity contribution in [2.75, 3.05) is 13.7 Å². The molecule has 2 rings (SSSR count). The molecule has 2 N–H and O–H groups in total. The number of rotatable bonds is 6. The molecule has 2 aromatic heterocycles. The van der Waals surface area contributed by atoms with Gasteiger partial charge < -0.3 is 15.2 Å². The number of hydrogen-bond acceptors (Lipinski definition) is 5. The van der Waals surface area contributed by atoms with Crippen LogP contribution >= 0.6 is 11.3 Å². The summed E-state index contributed by atoms with van der Waals surface area (Å²) in [6.45, 7) is 0.383. The van der Waals surface area contributed by atoms with Crippen LogP contribution in [0.4, 0.5) is 0 Å². The molecule has 0 bridgehead atoms. The maximum Gasteiger partial charge on any atom is 0.258 e. The van der Waals surface area contributed by atoms with E-state index in [0.717, 1.165) is 5.56 Å². The molecule has 7 heteroatoms. The minimum Gasteiger partial charge on any atom is -0.479 e. The van der Waals surface area contributed by atoms with Crippen molar-refractivity contribution in [2.45, 2.75) is 12.5 Å². The molecule has 0 radical (unpaired) electrons. The van der Waals surface area contributed by atoms with Crippen molar-refractivity contribution in [3.63, 3.8) is 0 Å². The van der Waals surface area contributed by atoms with Gasteiger partial charge in [0.2, 0.25) is 5.88 Å². The number of aromatic nitrogens is 2. The third-order valence-corrected chi connectivity index (χ3v) is 3.57. The Morgan fingerprint density at radius 2 is 2.45 bits per heavy atom. The Morgan fingerprint density at radius 1 is 1.65 bits per heavy atom. The number of amides is 1. The first kappa shape index (κ1) is 14.5. The average Bonchev–Trinajstić information content (AvgIpc) is 3.07. The lowest BCUT2D eigenvalue weighted by molar-refractivity contribution is 0.0939. The summed E-state index contributed by atoms with van der Waals surface area (Å²) in [6.07, 6.45) is 1.51. The lowest BCUT2D eigenvalue weighted by Crippen LogP contribution is -2.25. The van der Waals surface area contributed by atoms with E-state index < -0.39 is 6.10 Å².